The zero-order chi connectivity index (χ0) is 17.3. The maximum absolute atomic E-state index is 12.4. The van der Waals surface area contributed by atoms with Gasteiger partial charge in [0.15, 0.2) is 5.79 Å². The van der Waals surface area contributed by atoms with Gasteiger partial charge < -0.3 is 24.7 Å². The van der Waals surface area contributed by atoms with Gasteiger partial charge in [-0.1, -0.05) is 12.1 Å². The molecule has 1 aromatic heterocycles. The van der Waals surface area contributed by atoms with Gasteiger partial charge in [0.2, 0.25) is 0 Å². The number of piperidine rings is 1. The fraction of sp³-hybridized carbons (Fsp3) is 0.526. The number of hydrogen-bond acceptors (Lipinski definition) is 3. The molecule has 134 valence electrons. The van der Waals surface area contributed by atoms with Crippen molar-refractivity contribution in [2.75, 3.05) is 32.8 Å². The molecule has 0 saturated carbocycles. The van der Waals surface area contributed by atoms with Crippen molar-refractivity contribution in [3.63, 3.8) is 0 Å². The second-order valence-corrected chi connectivity index (χ2v) is 6.89. The van der Waals surface area contributed by atoms with Gasteiger partial charge in [-0.05, 0) is 30.5 Å². The zero-order valence-electron chi connectivity index (χ0n) is 14.6. The number of nitrogens with one attached hydrogen (secondary N) is 2. The first-order chi connectivity index (χ1) is 12.2. The number of aryl methyl sites for hydroxylation is 1. The molecular weight excluding hydrogens is 318 g/mol. The highest BCUT2D eigenvalue weighted by Gasteiger charge is 2.40. The number of carbonyl (C=O) groups is 1. The van der Waals surface area contributed by atoms with Crippen molar-refractivity contribution >= 4 is 16.9 Å². The molecule has 0 radical (unpaired) electrons. The van der Waals surface area contributed by atoms with Crippen LogP contribution >= 0.6 is 0 Å². The Balaban J connectivity index is 1.29. The van der Waals surface area contributed by atoms with Crippen molar-refractivity contribution in [2.24, 2.45) is 0 Å². The molecule has 0 bridgehead atoms. The Kier molecular flexibility index (Phi) is 4.39. The van der Waals surface area contributed by atoms with Crippen LogP contribution in [0.3, 0.4) is 0 Å². The number of likely N-dealkylation sites (tertiary alicyclic amines) is 1. The monoisotopic (exact) mass is 343 g/mol. The maximum atomic E-state index is 12.4. The number of hydrogen-bond donors (Lipinski definition) is 2. The third kappa shape index (κ3) is 3.24. The number of benzene rings is 1. The van der Waals surface area contributed by atoms with E-state index >= 15 is 0 Å². The first kappa shape index (κ1) is 16.4. The number of urea groups is 1. The predicted molar refractivity (Wildman–Crippen MR) is 95.6 cm³/mol. The number of carbonyl (C=O) groups excluding carboxylic acids is 1. The van der Waals surface area contributed by atoms with Gasteiger partial charge >= 0.3 is 6.03 Å². The summed E-state index contributed by atoms with van der Waals surface area (Å²) in [5, 5.41) is 4.32. The molecule has 2 fully saturated rings. The van der Waals surface area contributed by atoms with E-state index in [9.17, 15) is 4.79 Å². The van der Waals surface area contributed by atoms with E-state index in [1.54, 1.807) is 0 Å². The van der Waals surface area contributed by atoms with Crippen LogP contribution in [-0.2, 0) is 15.9 Å². The summed E-state index contributed by atoms with van der Waals surface area (Å²) >= 11 is 0. The largest absolute Gasteiger partial charge is 0.361 e. The normalized spacial score (nSPS) is 19.6. The highest BCUT2D eigenvalue weighted by atomic mass is 16.7. The van der Waals surface area contributed by atoms with Gasteiger partial charge in [-0.2, -0.15) is 0 Å². The summed E-state index contributed by atoms with van der Waals surface area (Å²) in [7, 11) is 0. The number of ether oxygens (including phenoxy) is 2. The molecule has 6 heteroatoms. The number of aromatic amines is 1. The van der Waals surface area contributed by atoms with E-state index in [4.69, 9.17) is 9.47 Å². The minimum atomic E-state index is -0.432. The second-order valence-electron chi connectivity index (χ2n) is 6.89. The van der Waals surface area contributed by atoms with Crippen LogP contribution in [0.5, 0.6) is 0 Å². The Morgan fingerprint density at radius 3 is 2.80 bits per heavy atom. The number of aromatic nitrogens is 1. The Labute approximate surface area is 147 Å². The van der Waals surface area contributed by atoms with Crippen LogP contribution in [-0.4, -0.2) is 54.6 Å². The molecule has 2 amide bonds. The fourth-order valence-electron chi connectivity index (χ4n) is 3.90. The first-order valence-electron chi connectivity index (χ1n) is 9.03. The van der Waals surface area contributed by atoms with Gasteiger partial charge in [-0.25, -0.2) is 4.79 Å². The summed E-state index contributed by atoms with van der Waals surface area (Å²) in [6, 6.07) is 6.26. The summed E-state index contributed by atoms with van der Waals surface area (Å²) in [6.07, 6.45) is 4.37. The Bertz CT molecular complexity index is 754. The van der Waals surface area contributed by atoms with Gasteiger partial charge in [0.05, 0.1) is 13.2 Å². The minimum absolute atomic E-state index is 0.00408. The molecule has 6 nitrogen and oxygen atoms in total. The molecule has 2 N–H and O–H groups in total. The van der Waals surface area contributed by atoms with E-state index in [-0.39, 0.29) is 6.03 Å². The lowest BCUT2D eigenvalue weighted by Crippen LogP contribution is -2.50. The SMILES string of the molecule is Cc1cccc2[nH]cc(CCNC(=O)N3CCC4(CC3)OCCO4)c12. The third-order valence-electron chi connectivity index (χ3n) is 5.29. The minimum Gasteiger partial charge on any atom is -0.361 e. The van der Waals surface area contributed by atoms with Crippen molar-refractivity contribution in [1.29, 1.82) is 0 Å². The van der Waals surface area contributed by atoms with Gasteiger partial charge in [-0.15, -0.1) is 0 Å². The van der Waals surface area contributed by atoms with E-state index in [1.165, 1.54) is 16.5 Å². The molecule has 4 rings (SSSR count). The lowest BCUT2D eigenvalue weighted by atomic mass is 10.0. The molecule has 2 saturated heterocycles. The molecule has 3 heterocycles. The molecule has 0 aliphatic carbocycles. The molecule has 0 unspecified atom stereocenters. The van der Waals surface area contributed by atoms with E-state index < -0.39 is 5.79 Å². The quantitative estimate of drug-likeness (QED) is 0.900. The highest BCUT2D eigenvalue weighted by Crippen LogP contribution is 2.31. The highest BCUT2D eigenvalue weighted by molar-refractivity contribution is 5.86. The predicted octanol–water partition coefficient (Wildman–Crippen LogP) is 2.57. The van der Waals surface area contributed by atoms with Crippen LogP contribution in [0, 0.1) is 6.92 Å². The number of amides is 2. The van der Waals surface area contributed by atoms with Gasteiger partial charge in [0.1, 0.15) is 0 Å². The lowest BCUT2D eigenvalue weighted by Gasteiger charge is -2.37. The third-order valence-corrected chi connectivity index (χ3v) is 5.29. The summed E-state index contributed by atoms with van der Waals surface area (Å²) in [5.74, 6) is -0.432. The summed E-state index contributed by atoms with van der Waals surface area (Å²) in [6.45, 7) is 5.44. The van der Waals surface area contributed by atoms with E-state index in [1.807, 2.05) is 11.1 Å². The van der Waals surface area contributed by atoms with Crippen molar-refractivity contribution in [3.05, 3.63) is 35.5 Å². The summed E-state index contributed by atoms with van der Waals surface area (Å²) in [4.78, 5) is 17.6. The molecule has 1 aromatic carbocycles. The van der Waals surface area contributed by atoms with E-state index in [0.717, 1.165) is 24.8 Å². The smallest absolute Gasteiger partial charge is 0.317 e. The van der Waals surface area contributed by atoms with Crippen LogP contribution in [0.1, 0.15) is 24.0 Å². The van der Waals surface area contributed by atoms with Crippen molar-refractivity contribution in [3.8, 4) is 0 Å². The van der Waals surface area contributed by atoms with Gasteiger partial charge in [0.25, 0.3) is 0 Å². The van der Waals surface area contributed by atoms with Crippen LogP contribution in [0.4, 0.5) is 4.79 Å². The summed E-state index contributed by atoms with van der Waals surface area (Å²) < 4.78 is 11.4. The summed E-state index contributed by atoms with van der Waals surface area (Å²) in [5.41, 5.74) is 3.66. The number of H-pyrrole nitrogens is 1. The van der Waals surface area contributed by atoms with Crippen molar-refractivity contribution < 1.29 is 14.3 Å². The molecule has 2 aliphatic rings. The standard InChI is InChI=1S/C19H25N3O3/c1-14-3-2-4-16-17(14)15(13-21-16)5-8-20-18(23)22-9-6-19(7-10-22)24-11-12-25-19/h2-4,13,21H,5-12H2,1H3,(H,20,23). The van der Waals surface area contributed by atoms with Crippen LogP contribution in [0.2, 0.25) is 0 Å². The van der Waals surface area contributed by atoms with E-state index in [0.29, 0.717) is 32.8 Å². The molecule has 1 spiro atoms. The first-order valence-corrected chi connectivity index (χ1v) is 9.03. The Morgan fingerprint density at radius 1 is 1.28 bits per heavy atom. The van der Waals surface area contributed by atoms with Gasteiger partial charge in [0, 0.05) is 49.6 Å². The number of nitrogens with zero attached hydrogens (tertiary/aromatic N) is 1. The maximum Gasteiger partial charge on any atom is 0.317 e. The second kappa shape index (κ2) is 6.69. The average Bonchev–Trinajstić information content (AvgIpc) is 3.24. The molecule has 0 atom stereocenters. The van der Waals surface area contributed by atoms with Gasteiger partial charge in [-0.3, -0.25) is 0 Å². The topological polar surface area (TPSA) is 66.6 Å². The van der Waals surface area contributed by atoms with Crippen molar-refractivity contribution in [1.82, 2.24) is 15.2 Å². The molecule has 2 aliphatic heterocycles. The Morgan fingerprint density at radius 2 is 2.04 bits per heavy atom. The number of rotatable bonds is 3. The zero-order valence-corrected chi connectivity index (χ0v) is 14.6. The van der Waals surface area contributed by atoms with Crippen molar-refractivity contribution in [2.45, 2.75) is 32.0 Å². The molecule has 2 aromatic rings. The lowest BCUT2D eigenvalue weighted by molar-refractivity contribution is -0.181. The molecule has 25 heavy (non-hydrogen) atoms. The Hall–Kier alpha value is -2.05. The van der Waals surface area contributed by atoms with E-state index in [2.05, 4.69) is 35.4 Å². The average molecular weight is 343 g/mol. The van der Waals surface area contributed by atoms with Crippen LogP contribution in [0.15, 0.2) is 24.4 Å². The fourth-order valence-corrected chi connectivity index (χ4v) is 3.90. The van der Waals surface area contributed by atoms with Crippen LogP contribution < -0.4 is 5.32 Å². The van der Waals surface area contributed by atoms with Crippen LogP contribution in [0.25, 0.3) is 10.9 Å². The molecular formula is C19H25N3O3. The number of fused-ring (bicyclic) bond motifs is 1.